The van der Waals surface area contributed by atoms with Crippen LogP contribution >= 0.6 is 11.8 Å². The molecule has 0 spiro atoms. The first-order chi connectivity index (χ1) is 8.35. The van der Waals surface area contributed by atoms with Gasteiger partial charge in [-0.05, 0) is 25.1 Å². The van der Waals surface area contributed by atoms with Gasteiger partial charge in [0.15, 0.2) is 0 Å². The Morgan fingerprint density at radius 3 is 3.00 bits per heavy atom. The van der Waals surface area contributed by atoms with Crippen molar-refractivity contribution in [3.63, 3.8) is 0 Å². The fraction of sp³-hybridized carbons (Fsp3) is 0.571. The molecule has 3 heteroatoms. The average molecular weight is 250 g/mol. The molecule has 1 unspecified atom stereocenters. The van der Waals surface area contributed by atoms with Gasteiger partial charge in [0.25, 0.3) is 0 Å². The molecule has 1 aliphatic heterocycles. The minimum Gasteiger partial charge on any atom is -0.369 e. The van der Waals surface area contributed by atoms with E-state index in [0.717, 1.165) is 11.8 Å². The third-order valence-electron chi connectivity index (χ3n) is 3.29. The summed E-state index contributed by atoms with van der Waals surface area (Å²) < 4.78 is 0. The maximum absolute atomic E-state index is 3.26. The van der Waals surface area contributed by atoms with Crippen molar-refractivity contribution in [2.24, 2.45) is 0 Å². The molecule has 94 valence electrons. The molecule has 2 nitrogen and oxygen atoms in total. The molecule has 0 aromatic heterocycles. The van der Waals surface area contributed by atoms with E-state index in [4.69, 9.17) is 0 Å². The van der Waals surface area contributed by atoms with Gasteiger partial charge in [-0.25, -0.2) is 0 Å². The van der Waals surface area contributed by atoms with Crippen LogP contribution in [0.1, 0.15) is 18.9 Å². The lowest BCUT2D eigenvalue weighted by Gasteiger charge is -2.35. The van der Waals surface area contributed by atoms with Crippen LogP contribution in [-0.2, 0) is 6.54 Å². The van der Waals surface area contributed by atoms with E-state index in [1.165, 1.54) is 36.5 Å². The lowest BCUT2D eigenvalue weighted by molar-refractivity contribution is 0.719. The highest BCUT2D eigenvalue weighted by Crippen LogP contribution is 2.28. The summed E-state index contributed by atoms with van der Waals surface area (Å²) in [5, 5.41) is 4.05. The van der Waals surface area contributed by atoms with Crippen LogP contribution in [0.2, 0.25) is 0 Å². The number of rotatable bonds is 4. The van der Waals surface area contributed by atoms with E-state index in [-0.39, 0.29) is 0 Å². The Kier molecular flexibility index (Phi) is 4.75. The Bertz CT molecular complexity index is 354. The van der Waals surface area contributed by atoms with Crippen molar-refractivity contribution in [2.45, 2.75) is 25.1 Å². The van der Waals surface area contributed by atoms with Crippen molar-refractivity contribution in [1.82, 2.24) is 5.32 Å². The Morgan fingerprint density at radius 1 is 1.41 bits per heavy atom. The number of benzene rings is 1. The lowest BCUT2D eigenvalue weighted by atomic mass is 10.1. The number of nitrogens with zero attached hydrogens (tertiary/aromatic N) is 1. The summed E-state index contributed by atoms with van der Waals surface area (Å²) in [5.41, 5.74) is 2.83. The van der Waals surface area contributed by atoms with Crippen molar-refractivity contribution in [3.8, 4) is 0 Å². The molecule has 0 amide bonds. The minimum atomic E-state index is 0.798. The number of thioether (sulfide) groups is 1. The molecule has 1 heterocycles. The van der Waals surface area contributed by atoms with Crippen molar-refractivity contribution < 1.29 is 0 Å². The third-order valence-corrected chi connectivity index (χ3v) is 4.67. The van der Waals surface area contributed by atoms with Crippen LogP contribution in [0.5, 0.6) is 0 Å². The van der Waals surface area contributed by atoms with Crippen molar-refractivity contribution in [1.29, 1.82) is 0 Å². The lowest BCUT2D eigenvalue weighted by Crippen LogP contribution is -2.38. The minimum absolute atomic E-state index is 0.798. The summed E-state index contributed by atoms with van der Waals surface area (Å²) in [4.78, 5) is 2.55. The van der Waals surface area contributed by atoms with E-state index in [9.17, 15) is 0 Å². The van der Waals surface area contributed by atoms with Crippen molar-refractivity contribution in [2.75, 3.05) is 30.8 Å². The van der Waals surface area contributed by atoms with E-state index in [1.807, 2.05) is 7.05 Å². The highest BCUT2D eigenvalue weighted by atomic mass is 32.2. The molecular formula is C14H22N2S. The first kappa shape index (κ1) is 12.8. The number of para-hydroxylation sites is 1. The summed E-state index contributed by atoms with van der Waals surface area (Å²) in [7, 11) is 2.01. The molecular weight excluding hydrogens is 228 g/mol. The zero-order chi connectivity index (χ0) is 12.1. The van der Waals surface area contributed by atoms with E-state index in [2.05, 4.69) is 53.2 Å². The van der Waals surface area contributed by atoms with E-state index >= 15 is 0 Å². The second-order valence-corrected chi connectivity index (χ2v) is 5.91. The molecule has 0 aliphatic carbocycles. The SMILES string of the molecule is CCC1CN(c2ccccc2CNC)CCS1. The molecule has 1 fully saturated rings. The summed E-state index contributed by atoms with van der Waals surface area (Å²) in [5.74, 6) is 1.26. The normalized spacial score (nSPS) is 20.6. The molecule has 0 radical (unpaired) electrons. The molecule has 1 saturated heterocycles. The molecule has 1 aromatic carbocycles. The molecule has 1 aliphatic rings. The molecule has 17 heavy (non-hydrogen) atoms. The van der Waals surface area contributed by atoms with Crippen LogP contribution in [0.4, 0.5) is 5.69 Å². The molecule has 1 atom stereocenters. The fourth-order valence-corrected chi connectivity index (χ4v) is 3.52. The van der Waals surface area contributed by atoms with Crippen LogP contribution in [0, 0.1) is 0 Å². The smallest absolute Gasteiger partial charge is 0.0412 e. The maximum Gasteiger partial charge on any atom is 0.0412 e. The predicted molar refractivity (Wildman–Crippen MR) is 78.0 cm³/mol. The quantitative estimate of drug-likeness (QED) is 0.884. The van der Waals surface area contributed by atoms with Gasteiger partial charge in [-0.3, -0.25) is 0 Å². The van der Waals surface area contributed by atoms with Gasteiger partial charge in [-0.2, -0.15) is 11.8 Å². The molecule has 1 aromatic rings. The zero-order valence-electron chi connectivity index (χ0n) is 10.8. The van der Waals surface area contributed by atoms with Gasteiger partial charge < -0.3 is 10.2 Å². The van der Waals surface area contributed by atoms with Gasteiger partial charge >= 0.3 is 0 Å². The second kappa shape index (κ2) is 6.31. The van der Waals surface area contributed by atoms with E-state index in [0.29, 0.717) is 0 Å². The van der Waals surface area contributed by atoms with Crippen LogP contribution in [0.25, 0.3) is 0 Å². The predicted octanol–water partition coefficient (Wildman–Crippen LogP) is 2.74. The van der Waals surface area contributed by atoms with Crippen LogP contribution in [0.15, 0.2) is 24.3 Å². The molecule has 2 rings (SSSR count). The number of nitrogens with one attached hydrogen (secondary N) is 1. The van der Waals surface area contributed by atoms with Gasteiger partial charge in [0.2, 0.25) is 0 Å². The molecule has 0 saturated carbocycles. The maximum atomic E-state index is 3.26. The summed E-state index contributed by atoms with van der Waals surface area (Å²) >= 11 is 2.12. The summed E-state index contributed by atoms with van der Waals surface area (Å²) in [6.45, 7) is 5.63. The van der Waals surface area contributed by atoms with Crippen molar-refractivity contribution >= 4 is 17.4 Å². The van der Waals surface area contributed by atoms with Crippen LogP contribution < -0.4 is 10.2 Å². The first-order valence-electron chi connectivity index (χ1n) is 6.44. The topological polar surface area (TPSA) is 15.3 Å². The monoisotopic (exact) mass is 250 g/mol. The number of hydrogen-bond donors (Lipinski definition) is 1. The Balaban J connectivity index is 2.15. The molecule has 1 N–H and O–H groups in total. The van der Waals surface area contributed by atoms with Gasteiger partial charge in [0.05, 0.1) is 0 Å². The highest BCUT2D eigenvalue weighted by Gasteiger charge is 2.20. The van der Waals surface area contributed by atoms with Crippen molar-refractivity contribution in [3.05, 3.63) is 29.8 Å². The Hall–Kier alpha value is -0.670. The van der Waals surface area contributed by atoms with Gasteiger partial charge in [-0.15, -0.1) is 0 Å². The number of anilines is 1. The van der Waals surface area contributed by atoms with Gasteiger partial charge in [0, 0.05) is 36.3 Å². The Labute approximate surface area is 109 Å². The third kappa shape index (κ3) is 3.17. The van der Waals surface area contributed by atoms with Crippen LogP contribution in [0.3, 0.4) is 0 Å². The standard InChI is InChI=1S/C14H22N2S/c1-3-13-11-16(8-9-17-13)14-7-5-4-6-12(14)10-15-2/h4-7,13,15H,3,8-11H2,1-2H3. The highest BCUT2D eigenvalue weighted by molar-refractivity contribution is 8.00. The second-order valence-electron chi connectivity index (χ2n) is 4.51. The average Bonchev–Trinajstić information content (AvgIpc) is 2.40. The van der Waals surface area contributed by atoms with Gasteiger partial charge in [0.1, 0.15) is 0 Å². The molecule has 0 bridgehead atoms. The largest absolute Gasteiger partial charge is 0.369 e. The number of hydrogen-bond acceptors (Lipinski definition) is 3. The Morgan fingerprint density at radius 2 is 2.24 bits per heavy atom. The summed E-state index contributed by atoms with van der Waals surface area (Å²) in [6, 6.07) is 8.77. The first-order valence-corrected chi connectivity index (χ1v) is 7.49. The fourth-order valence-electron chi connectivity index (χ4n) is 2.34. The van der Waals surface area contributed by atoms with E-state index < -0.39 is 0 Å². The zero-order valence-corrected chi connectivity index (χ0v) is 11.6. The van der Waals surface area contributed by atoms with Gasteiger partial charge in [-0.1, -0.05) is 25.1 Å². The van der Waals surface area contributed by atoms with E-state index in [1.54, 1.807) is 0 Å². The summed E-state index contributed by atoms with van der Waals surface area (Å²) in [6.07, 6.45) is 1.27. The van der Waals surface area contributed by atoms with Crippen LogP contribution in [-0.4, -0.2) is 31.1 Å².